The predicted molar refractivity (Wildman–Crippen MR) is 44.2 cm³/mol. The topological polar surface area (TPSA) is 39.4 Å². The highest BCUT2D eigenvalue weighted by Crippen LogP contribution is 2.14. The summed E-state index contributed by atoms with van der Waals surface area (Å²) >= 11 is 0. The van der Waals surface area contributed by atoms with Crippen molar-refractivity contribution in [1.29, 1.82) is 0 Å². The Hall–Kier alpha value is -1.09. The highest BCUT2D eigenvalue weighted by molar-refractivity contribution is 5.73. The fourth-order valence-corrected chi connectivity index (χ4v) is 1.09. The van der Waals surface area contributed by atoms with Crippen LogP contribution in [-0.2, 0) is 17.8 Å². The summed E-state index contributed by atoms with van der Waals surface area (Å²) in [4.78, 5) is 10.5. The zero-order chi connectivity index (χ0) is 8.97. The molecule has 0 bridgehead atoms. The molecule has 0 aliphatic carbocycles. The van der Waals surface area contributed by atoms with E-state index in [9.17, 15) is 4.79 Å². The van der Waals surface area contributed by atoms with Gasteiger partial charge in [0.15, 0.2) is 12.0 Å². The van der Waals surface area contributed by atoms with Crippen LogP contribution in [0.1, 0.15) is 28.8 Å². The van der Waals surface area contributed by atoms with Crippen molar-refractivity contribution in [3.63, 3.8) is 0 Å². The number of carbonyl (C=O) groups excluding carboxylic acids is 1. The molecule has 0 spiro atoms. The summed E-state index contributed by atoms with van der Waals surface area (Å²) in [6.07, 6.45) is 1.54. The summed E-state index contributed by atoms with van der Waals surface area (Å²) in [5, 5.41) is 0. The number of carbonyl (C=O) groups is 1. The van der Waals surface area contributed by atoms with Crippen LogP contribution in [0.15, 0.2) is 10.5 Å². The van der Waals surface area contributed by atoms with Crippen LogP contribution in [0.25, 0.3) is 0 Å². The zero-order valence-corrected chi connectivity index (χ0v) is 7.29. The molecule has 1 aromatic heterocycles. The Morgan fingerprint density at radius 3 is 2.83 bits per heavy atom. The molecule has 3 heteroatoms. The van der Waals surface area contributed by atoms with E-state index in [1.165, 1.54) is 0 Å². The third-order valence-corrected chi connectivity index (χ3v) is 1.67. The summed E-state index contributed by atoms with van der Waals surface area (Å²) in [7, 11) is 1.59. The van der Waals surface area contributed by atoms with Gasteiger partial charge in [0, 0.05) is 12.7 Å². The van der Waals surface area contributed by atoms with Crippen molar-refractivity contribution >= 4 is 6.29 Å². The maximum absolute atomic E-state index is 10.5. The molecule has 0 aromatic carbocycles. The second kappa shape index (κ2) is 4.07. The first-order chi connectivity index (χ1) is 5.81. The van der Waals surface area contributed by atoms with E-state index in [4.69, 9.17) is 9.15 Å². The number of aldehydes is 1. The molecule has 12 heavy (non-hydrogen) atoms. The lowest BCUT2D eigenvalue weighted by atomic mass is 10.2. The number of hydrogen-bond acceptors (Lipinski definition) is 3. The smallest absolute Gasteiger partial charge is 0.185 e. The van der Waals surface area contributed by atoms with Gasteiger partial charge in [0.25, 0.3) is 0 Å². The van der Waals surface area contributed by atoms with Gasteiger partial charge in [-0.1, -0.05) is 6.92 Å². The van der Waals surface area contributed by atoms with Crippen LogP contribution in [0, 0.1) is 0 Å². The van der Waals surface area contributed by atoms with E-state index in [1.54, 1.807) is 7.11 Å². The first-order valence-electron chi connectivity index (χ1n) is 3.87. The van der Waals surface area contributed by atoms with Gasteiger partial charge in [-0.2, -0.15) is 0 Å². The Labute approximate surface area is 71.3 Å². The lowest BCUT2D eigenvalue weighted by Gasteiger charge is -1.89. The lowest BCUT2D eigenvalue weighted by molar-refractivity contribution is 0.109. The molecule has 0 amide bonds. The normalized spacial score (nSPS) is 10.2. The van der Waals surface area contributed by atoms with Gasteiger partial charge in [-0.25, -0.2) is 0 Å². The van der Waals surface area contributed by atoms with Crippen LogP contribution >= 0.6 is 0 Å². The average Bonchev–Trinajstić information content (AvgIpc) is 2.48. The molecule has 0 aliphatic heterocycles. The zero-order valence-electron chi connectivity index (χ0n) is 7.29. The van der Waals surface area contributed by atoms with Crippen molar-refractivity contribution in [3.05, 3.63) is 23.2 Å². The van der Waals surface area contributed by atoms with Crippen molar-refractivity contribution < 1.29 is 13.9 Å². The molecule has 0 N–H and O–H groups in total. The first-order valence-corrected chi connectivity index (χ1v) is 3.87. The SMILES string of the molecule is CCc1cc(COC)oc1C=O. The standard InChI is InChI=1S/C9H12O3/c1-3-7-4-8(6-11-2)12-9(7)5-10/h4-5H,3,6H2,1-2H3. The summed E-state index contributed by atoms with van der Waals surface area (Å²) in [5.74, 6) is 1.13. The quantitative estimate of drug-likeness (QED) is 0.643. The second-order valence-electron chi connectivity index (χ2n) is 2.51. The summed E-state index contributed by atoms with van der Waals surface area (Å²) < 4.78 is 10.1. The summed E-state index contributed by atoms with van der Waals surface area (Å²) in [5.41, 5.74) is 0.942. The maximum Gasteiger partial charge on any atom is 0.185 e. The number of rotatable bonds is 4. The molecule has 1 heterocycles. The Bertz CT molecular complexity index is 263. The van der Waals surface area contributed by atoms with Crippen LogP contribution in [0.4, 0.5) is 0 Å². The number of ether oxygens (including phenoxy) is 1. The van der Waals surface area contributed by atoms with Gasteiger partial charge in [-0.05, 0) is 12.5 Å². The number of furan rings is 1. The van der Waals surface area contributed by atoms with Gasteiger partial charge >= 0.3 is 0 Å². The third-order valence-electron chi connectivity index (χ3n) is 1.67. The first kappa shape index (κ1) is 9.00. The van der Waals surface area contributed by atoms with E-state index in [2.05, 4.69) is 0 Å². The fraction of sp³-hybridized carbons (Fsp3) is 0.444. The molecular formula is C9H12O3. The third kappa shape index (κ3) is 1.74. The van der Waals surface area contributed by atoms with Gasteiger partial charge in [0.2, 0.25) is 0 Å². The lowest BCUT2D eigenvalue weighted by Crippen LogP contribution is -1.82. The molecule has 0 saturated heterocycles. The van der Waals surface area contributed by atoms with Gasteiger partial charge < -0.3 is 9.15 Å². The molecule has 0 radical (unpaired) electrons. The molecule has 1 rings (SSSR count). The average molecular weight is 168 g/mol. The van der Waals surface area contributed by atoms with Crippen molar-refractivity contribution in [2.75, 3.05) is 7.11 Å². The summed E-state index contributed by atoms with van der Waals surface area (Å²) in [6, 6.07) is 1.85. The number of hydrogen-bond donors (Lipinski definition) is 0. The van der Waals surface area contributed by atoms with Crippen LogP contribution in [-0.4, -0.2) is 13.4 Å². The van der Waals surface area contributed by atoms with Crippen molar-refractivity contribution in [1.82, 2.24) is 0 Å². The van der Waals surface area contributed by atoms with Gasteiger partial charge in [0.05, 0.1) is 0 Å². The van der Waals surface area contributed by atoms with E-state index in [0.29, 0.717) is 18.1 Å². The molecule has 66 valence electrons. The molecule has 0 fully saturated rings. The highest BCUT2D eigenvalue weighted by atomic mass is 16.5. The van der Waals surface area contributed by atoms with E-state index >= 15 is 0 Å². The van der Waals surface area contributed by atoms with Crippen molar-refractivity contribution in [2.45, 2.75) is 20.0 Å². The predicted octanol–water partition coefficient (Wildman–Crippen LogP) is 1.80. The minimum Gasteiger partial charge on any atom is -0.456 e. The highest BCUT2D eigenvalue weighted by Gasteiger charge is 2.07. The van der Waals surface area contributed by atoms with Gasteiger partial charge in [0.1, 0.15) is 12.4 Å². The molecule has 0 unspecified atom stereocenters. The van der Waals surface area contributed by atoms with Crippen LogP contribution in [0.2, 0.25) is 0 Å². The Kier molecular flexibility index (Phi) is 3.05. The largest absolute Gasteiger partial charge is 0.456 e. The number of aryl methyl sites for hydroxylation is 1. The fourth-order valence-electron chi connectivity index (χ4n) is 1.09. The molecule has 3 nitrogen and oxygen atoms in total. The molecular weight excluding hydrogens is 156 g/mol. The van der Waals surface area contributed by atoms with E-state index in [1.807, 2.05) is 13.0 Å². The minimum atomic E-state index is 0.418. The maximum atomic E-state index is 10.5. The molecule has 0 aliphatic rings. The van der Waals surface area contributed by atoms with Gasteiger partial charge in [-0.15, -0.1) is 0 Å². The minimum absolute atomic E-state index is 0.418. The van der Waals surface area contributed by atoms with Crippen LogP contribution in [0.3, 0.4) is 0 Å². The molecule has 0 saturated carbocycles. The number of methoxy groups -OCH3 is 1. The Morgan fingerprint density at radius 2 is 2.42 bits per heavy atom. The monoisotopic (exact) mass is 168 g/mol. The van der Waals surface area contributed by atoms with Crippen LogP contribution < -0.4 is 0 Å². The van der Waals surface area contributed by atoms with Gasteiger partial charge in [-0.3, -0.25) is 4.79 Å². The summed E-state index contributed by atoms with van der Waals surface area (Å²) in [6.45, 7) is 2.40. The molecule has 1 aromatic rings. The van der Waals surface area contributed by atoms with E-state index < -0.39 is 0 Å². The van der Waals surface area contributed by atoms with Crippen LogP contribution in [0.5, 0.6) is 0 Å². The molecule has 0 atom stereocenters. The van der Waals surface area contributed by atoms with Crippen molar-refractivity contribution in [2.24, 2.45) is 0 Å². The second-order valence-corrected chi connectivity index (χ2v) is 2.51. The Morgan fingerprint density at radius 1 is 1.67 bits per heavy atom. The van der Waals surface area contributed by atoms with E-state index in [0.717, 1.165) is 18.3 Å². The van der Waals surface area contributed by atoms with Crippen molar-refractivity contribution in [3.8, 4) is 0 Å². The Balaban J connectivity index is 2.88. The van der Waals surface area contributed by atoms with E-state index in [-0.39, 0.29) is 0 Å².